The minimum atomic E-state index is -0.413. The Balaban J connectivity index is 2.39. The number of aliphatic hydroxyl groups is 1. The van der Waals surface area contributed by atoms with E-state index in [2.05, 4.69) is 4.98 Å². The van der Waals surface area contributed by atoms with E-state index in [1.807, 2.05) is 0 Å². The van der Waals surface area contributed by atoms with Crippen LogP contribution in [0.3, 0.4) is 0 Å². The van der Waals surface area contributed by atoms with Crippen LogP contribution >= 0.6 is 11.8 Å². The van der Waals surface area contributed by atoms with E-state index < -0.39 is 5.78 Å². The topological polar surface area (TPSA) is 122 Å². The van der Waals surface area contributed by atoms with Gasteiger partial charge in [-0.15, -0.1) is 0 Å². The van der Waals surface area contributed by atoms with Crippen molar-refractivity contribution >= 4 is 28.4 Å². The minimum Gasteiger partial charge on any atom is -0.401 e. The number of nitrogens with two attached hydrogens (primary N) is 1. The summed E-state index contributed by atoms with van der Waals surface area (Å²) >= 11 is 1.08. The number of thioether (sulfide) groups is 1. The molecule has 2 rings (SSSR count). The summed E-state index contributed by atoms with van der Waals surface area (Å²) in [6.07, 6.45) is 0.396. The number of aromatic nitrogens is 2. The molecular weight excluding hydrogens is 340 g/mol. The number of nitrogens with zero attached hydrogens (tertiary/aromatic N) is 3. The standard InChI is InChI=1S/C17H18N4O3S/c1-11(19)13(9-18)15(23)10-25-17-20-14-6-3-2-5-12(14)16(24)21(17)7-4-8-22/h2-3,5-6,22H,4,7-8,10,19H2,1H3/b13-11+. The van der Waals surface area contributed by atoms with Crippen LogP contribution in [0.1, 0.15) is 13.3 Å². The Hall–Kier alpha value is -2.63. The third-order valence-electron chi connectivity index (χ3n) is 3.48. The molecule has 25 heavy (non-hydrogen) atoms. The number of carbonyl (C=O) groups is 1. The van der Waals surface area contributed by atoms with Crippen molar-refractivity contribution in [3.63, 3.8) is 0 Å². The van der Waals surface area contributed by atoms with Crippen molar-refractivity contribution in [2.45, 2.75) is 25.0 Å². The molecule has 7 nitrogen and oxygen atoms in total. The summed E-state index contributed by atoms with van der Waals surface area (Å²) in [6.45, 7) is 1.73. The first kappa shape index (κ1) is 18.7. The summed E-state index contributed by atoms with van der Waals surface area (Å²) in [6, 6.07) is 8.75. The number of nitriles is 1. The fourth-order valence-corrected chi connectivity index (χ4v) is 3.15. The third kappa shape index (κ3) is 4.26. The summed E-state index contributed by atoms with van der Waals surface area (Å²) in [5.41, 5.74) is 5.93. The van der Waals surface area contributed by atoms with Crippen LogP contribution in [-0.4, -0.2) is 32.8 Å². The van der Waals surface area contributed by atoms with Gasteiger partial charge in [0, 0.05) is 18.8 Å². The van der Waals surface area contributed by atoms with Crippen LogP contribution in [0.5, 0.6) is 0 Å². The van der Waals surface area contributed by atoms with Gasteiger partial charge in [0.15, 0.2) is 10.9 Å². The fourth-order valence-electron chi connectivity index (χ4n) is 2.26. The van der Waals surface area contributed by atoms with Crippen LogP contribution in [0, 0.1) is 11.3 Å². The summed E-state index contributed by atoms with van der Waals surface area (Å²) in [5, 5.41) is 18.9. The van der Waals surface area contributed by atoms with Crippen LogP contribution in [0.25, 0.3) is 10.9 Å². The summed E-state index contributed by atoms with van der Waals surface area (Å²) in [7, 11) is 0. The van der Waals surface area contributed by atoms with Crippen molar-refractivity contribution in [2.24, 2.45) is 5.73 Å². The zero-order chi connectivity index (χ0) is 18.4. The molecule has 8 heteroatoms. The predicted octanol–water partition coefficient (Wildman–Crippen LogP) is 1.20. The predicted molar refractivity (Wildman–Crippen MR) is 95.9 cm³/mol. The molecule has 0 spiro atoms. The molecule has 0 aliphatic rings. The van der Waals surface area contributed by atoms with Crippen molar-refractivity contribution in [1.29, 1.82) is 5.26 Å². The summed E-state index contributed by atoms with van der Waals surface area (Å²) < 4.78 is 1.45. The van der Waals surface area contributed by atoms with E-state index in [0.29, 0.717) is 29.0 Å². The Labute approximate surface area is 148 Å². The van der Waals surface area contributed by atoms with Gasteiger partial charge in [0.1, 0.15) is 11.6 Å². The number of hydrogen-bond donors (Lipinski definition) is 2. The normalized spacial score (nSPS) is 11.9. The molecule has 0 radical (unpaired) electrons. The molecule has 2 aromatic rings. The lowest BCUT2D eigenvalue weighted by molar-refractivity contribution is -0.112. The smallest absolute Gasteiger partial charge is 0.262 e. The Morgan fingerprint density at radius 2 is 2.16 bits per heavy atom. The second-order valence-corrected chi connectivity index (χ2v) is 6.27. The molecule has 0 unspecified atom stereocenters. The first-order valence-electron chi connectivity index (χ1n) is 7.62. The van der Waals surface area contributed by atoms with Crippen LogP contribution in [0.2, 0.25) is 0 Å². The molecule has 1 aromatic carbocycles. The van der Waals surface area contributed by atoms with E-state index in [0.717, 1.165) is 11.8 Å². The van der Waals surface area contributed by atoms with Gasteiger partial charge in [0.05, 0.1) is 16.7 Å². The van der Waals surface area contributed by atoms with E-state index in [1.165, 1.54) is 11.5 Å². The Morgan fingerprint density at radius 1 is 1.44 bits per heavy atom. The lowest BCUT2D eigenvalue weighted by Crippen LogP contribution is -2.24. The van der Waals surface area contributed by atoms with E-state index >= 15 is 0 Å². The molecule has 0 saturated carbocycles. The number of allylic oxidation sites excluding steroid dienone is 2. The molecule has 1 aromatic heterocycles. The molecule has 0 bridgehead atoms. The van der Waals surface area contributed by atoms with E-state index in [4.69, 9.17) is 16.1 Å². The van der Waals surface area contributed by atoms with Crippen molar-refractivity contribution in [3.8, 4) is 6.07 Å². The van der Waals surface area contributed by atoms with Crippen LogP contribution < -0.4 is 11.3 Å². The number of hydrogen-bond acceptors (Lipinski definition) is 7. The maximum Gasteiger partial charge on any atom is 0.262 e. The van der Waals surface area contributed by atoms with Crippen molar-refractivity contribution in [2.75, 3.05) is 12.4 Å². The highest BCUT2D eigenvalue weighted by Crippen LogP contribution is 2.19. The maximum atomic E-state index is 12.7. The Bertz CT molecular complexity index is 924. The quantitative estimate of drug-likeness (QED) is 0.330. The first-order chi connectivity index (χ1) is 12.0. The number of ketones is 1. The van der Waals surface area contributed by atoms with Gasteiger partial charge >= 0.3 is 0 Å². The number of para-hydroxylation sites is 1. The van der Waals surface area contributed by atoms with Gasteiger partial charge in [0.2, 0.25) is 0 Å². The number of fused-ring (bicyclic) bond motifs is 1. The Kier molecular flexibility index (Phi) is 6.33. The van der Waals surface area contributed by atoms with Crippen LogP contribution in [0.15, 0.2) is 45.5 Å². The number of rotatable bonds is 7. The highest BCUT2D eigenvalue weighted by molar-refractivity contribution is 7.99. The molecule has 0 fully saturated rings. The SMILES string of the molecule is C/C(N)=C(/C#N)C(=O)CSc1nc2ccccc2c(=O)n1CCCO. The molecule has 0 atom stereocenters. The van der Waals surface area contributed by atoms with Crippen LogP contribution in [0.4, 0.5) is 0 Å². The van der Waals surface area contributed by atoms with Crippen molar-refractivity contribution in [3.05, 3.63) is 45.9 Å². The average Bonchev–Trinajstić information content (AvgIpc) is 2.59. The van der Waals surface area contributed by atoms with Gasteiger partial charge in [-0.25, -0.2) is 4.98 Å². The second-order valence-electron chi connectivity index (χ2n) is 5.33. The Morgan fingerprint density at radius 3 is 2.80 bits per heavy atom. The number of carbonyl (C=O) groups excluding carboxylic acids is 1. The first-order valence-corrected chi connectivity index (χ1v) is 8.61. The van der Waals surface area contributed by atoms with Gasteiger partial charge in [-0.05, 0) is 25.5 Å². The van der Waals surface area contributed by atoms with Crippen LogP contribution in [-0.2, 0) is 11.3 Å². The van der Waals surface area contributed by atoms with Gasteiger partial charge in [0.25, 0.3) is 5.56 Å². The third-order valence-corrected chi connectivity index (χ3v) is 4.46. The van der Waals surface area contributed by atoms with Gasteiger partial charge in [-0.1, -0.05) is 23.9 Å². The zero-order valence-corrected chi connectivity index (χ0v) is 14.5. The molecule has 3 N–H and O–H groups in total. The fraction of sp³-hybridized carbons (Fsp3) is 0.294. The largest absolute Gasteiger partial charge is 0.401 e. The zero-order valence-electron chi connectivity index (χ0n) is 13.7. The van der Waals surface area contributed by atoms with Gasteiger partial charge < -0.3 is 10.8 Å². The monoisotopic (exact) mass is 358 g/mol. The summed E-state index contributed by atoms with van der Waals surface area (Å²) in [4.78, 5) is 29.2. The van der Waals surface area contributed by atoms with E-state index in [1.54, 1.807) is 30.3 Å². The van der Waals surface area contributed by atoms with E-state index in [9.17, 15) is 9.59 Å². The minimum absolute atomic E-state index is 0.0542. The van der Waals surface area contributed by atoms with Crippen molar-refractivity contribution < 1.29 is 9.90 Å². The number of benzene rings is 1. The summed E-state index contributed by atoms with van der Waals surface area (Å²) in [5.74, 6) is -0.468. The van der Waals surface area contributed by atoms with Gasteiger partial charge in [-0.2, -0.15) is 5.26 Å². The molecule has 0 amide bonds. The lowest BCUT2D eigenvalue weighted by atomic mass is 10.2. The second kappa shape index (κ2) is 8.46. The van der Waals surface area contributed by atoms with Gasteiger partial charge in [-0.3, -0.25) is 14.2 Å². The molecule has 0 aliphatic heterocycles. The average molecular weight is 358 g/mol. The molecule has 130 valence electrons. The lowest BCUT2D eigenvalue weighted by Gasteiger charge is -2.12. The molecule has 1 heterocycles. The maximum absolute atomic E-state index is 12.7. The van der Waals surface area contributed by atoms with E-state index in [-0.39, 0.29) is 29.2 Å². The molecule has 0 saturated heterocycles. The number of aliphatic hydroxyl groups excluding tert-OH is 1. The molecular formula is C17H18N4O3S. The highest BCUT2D eigenvalue weighted by Gasteiger charge is 2.16. The highest BCUT2D eigenvalue weighted by atomic mass is 32.2. The molecule has 0 aliphatic carbocycles. The van der Waals surface area contributed by atoms with Crippen molar-refractivity contribution in [1.82, 2.24) is 9.55 Å². The number of Topliss-reactive ketones (excluding diaryl/α,β-unsaturated/α-hetero) is 1.